The number of allylic oxidation sites excluding steroid dienone is 5. The molecule has 12 atom stereocenters. The zero-order valence-corrected chi connectivity index (χ0v) is 57.9. The van der Waals surface area contributed by atoms with Crippen LogP contribution >= 0.6 is 0 Å². The molecular weight excluding hydrogens is 1130 g/mol. The number of ether oxygens (including phenoxy) is 4. The molecule has 14 nitrogen and oxygen atoms in total. The van der Waals surface area contributed by atoms with Crippen molar-refractivity contribution in [1.82, 2.24) is 5.32 Å². The second-order valence-corrected chi connectivity index (χ2v) is 27.1. The van der Waals surface area contributed by atoms with E-state index in [2.05, 4.69) is 43.5 Å². The fourth-order valence-corrected chi connectivity index (χ4v) is 12.7. The van der Waals surface area contributed by atoms with Crippen LogP contribution in [0.15, 0.2) is 36.5 Å². The topological polar surface area (TPSA) is 228 Å². The van der Waals surface area contributed by atoms with Crippen LogP contribution in [0.3, 0.4) is 0 Å². The predicted octanol–water partition coefficient (Wildman–Crippen LogP) is 16.5. The molecule has 2 heterocycles. The summed E-state index contributed by atoms with van der Waals surface area (Å²) in [6, 6.07) is -0.917. The van der Waals surface area contributed by atoms with Crippen molar-refractivity contribution in [2.75, 3.05) is 19.8 Å². The van der Waals surface area contributed by atoms with E-state index in [0.29, 0.717) is 6.42 Å². The van der Waals surface area contributed by atoms with E-state index in [1.165, 1.54) is 276 Å². The van der Waals surface area contributed by atoms with Gasteiger partial charge in [-0.2, -0.15) is 0 Å². The Labute approximate surface area is 551 Å². The lowest BCUT2D eigenvalue weighted by molar-refractivity contribution is -0.359. The molecule has 12 unspecified atom stereocenters. The van der Waals surface area contributed by atoms with Gasteiger partial charge < -0.3 is 65.1 Å². The molecule has 1 amide bonds. The van der Waals surface area contributed by atoms with Crippen LogP contribution in [0.25, 0.3) is 0 Å². The quantitative estimate of drug-likeness (QED) is 0.0204. The highest BCUT2D eigenvalue weighted by atomic mass is 16.7. The first-order chi connectivity index (χ1) is 44.1. The van der Waals surface area contributed by atoms with E-state index in [-0.39, 0.29) is 18.9 Å². The Morgan fingerprint density at radius 2 is 0.733 bits per heavy atom. The molecule has 90 heavy (non-hydrogen) atoms. The number of aliphatic hydroxyl groups excluding tert-OH is 8. The van der Waals surface area contributed by atoms with Crippen LogP contribution in [0.2, 0.25) is 0 Å². The minimum absolute atomic E-state index is 0.235. The maximum absolute atomic E-state index is 13.4. The zero-order chi connectivity index (χ0) is 65.2. The Morgan fingerprint density at radius 1 is 0.400 bits per heavy atom. The Hall–Kier alpha value is -1.79. The van der Waals surface area contributed by atoms with Crippen molar-refractivity contribution in [1.29, 1.82) is 0 Å². The highest BCUT2D eigenvalue weighted by Crippen LogP contribution is 2.30. The van der Waals surface area contributed by atoms with E-state index in [9.17, 15) is 45.6 Å². The molecule has 0 aromatic rings. The van der Waals surface area contributed by atoms with Crippen LogP contribution in [0.1, 0.15) is 348 Å². The minimum Gasteiger partial charge on any atom is -0.394 e. The SMILES string of the molecule is CCCCCCC/C=C\C/C=C\CCCCCCCCCCCCCCCC(=O)NC(COC1OC(CO)C(OC2OC(CO)C(O)C(O)C2O)C(O)C1O)C(O)/C=C/CCCCCCCCCCCCCCCCCCCCCCCCCCCCCCC. The van der Waals surface area contributed by atoms with Crippen LogP contribution in [0.5, 0.6) is 0 Å². The first kappa shape index (κ1) is 84.3. The Bertz CT molecular complexity index is 1650. The van der Waals surface area contributed by atoms with Gasteiger partial charge in [0.1, 0.15) is 48.8 Å². The first-order valence-corrected chi connectivity index (χ1v) is 38.2. The third-order valence-corrected chi connectivity index (χ3v) is 18.8. The molecule has 14 heteroatoms. The smallest absolute Gasteiger partial charge is 0.220 e. The maximum atomic E-state index is 13.4. The van der Waals surface area contributed by atoms with Crippen molar-refractivity contribution in [3.63, 3.8) is 0 Å². The number of hydrogen-bond donors (Lipinski definition) is 9. The fourth-order valence-electron chi connectivity index (χ4n) is 12.7. The fraction of sp³-hybridized carbons (Fsp3) is 0.908. The molecule has 0 spiro atoms. The summed E-state index contributed by atoms with van der Waals surface area (Å²) in [5.74, 6) is -0.235. The average molecular weight is 1280 g/mol. The lowest BCUT2D eigenvalue weighted by Gasteiger charge is -2.46. The van der Waals surface area contributed by atoms with Crippen molar-refractivity contribution < 1.29 is 64.6 Å². The van der Waals surface area contributed by atoms with Crippen molar-refractivity contribution in [3.05, 3.63) is 36.5 Å². The van der Waals surface area contributed by atoms with Gasteiger partial charge >= 0.3 is 0 Å². The number of carbonyl (C=O) groups excluding carboxylic acids is 1. The maximum Gasteiger partial charge on any atom is 0.220 e. The van der Waals surface area contributed by atoms with E-state index in [0.717, 1.165) is 44.9 Å². The molecule has 9 N–H and O–H groups in total. The van der Waals surface area contributed by atoms with Crippen molar-refractivity contribution in [3.8, 4) is 0 Å². The van der Waals surface area contributed by atoms with Gasteiger partial charge in [-0.3, -0.25) is 4.79 Å². The molecule has 2 aliphatic heterocycles. The molecule has 0 aliphatic carbocycles. The third-order valence-electron chi connectivity index (χ3n) is 18.8. The van der Waals surface area contributed by atoms with E-state index in [1.54, 1.807) is 6.08 Å². The van der Waals surface area contributed by atoms with Gasteiger partial charge in [0.05, 0.1) is 32.0 Å². The van der Waals surface area contributed by atoms with E-state index < -0.39 is 86.8 Å². The molecule has 0 aromatic carbocycles. The highest BCUT2D eigenvalue weighted by molar-refractivity contribution is 5.76. The molecular formula is C76H143NO13. The molecule has 2 saturated heterocycles. The summed E-state index contributed by atoms with van der Waals surface area (Å²) in [7, 11) is 0. The second kappa shape index (κ2) is 60.8. The van der Waals surface area contributed by atoms with Gasteiger partial charge in [-0.15, -0.1) is 0 Å². The molecule has 2 aliphatic rings. The van der Waals surface area contributed by atoms with Gasteiger partial charge in [0.2, 0.25) is 5.91 Å². The summed E-state index contributed by atoms with van der Waals surface area (Å²) >= 11 is 0. The molecule has 0 radical (unpaired) electrons. The normalized spacial score (nSPS) is 23.0. The van der Waals surface area contributed by atoms with Crippen molar-refractivity contribution in [2.24, 2.45) is 0 Å². The number of nitrogens with one attached hydrogen (secondary N) is 1. The van der Waals surface area contributed by atoms with Crippen LogP contribution in [-0.4, -0.2) is 140 Å². The zero-order valence-electron chi connectivity index (χ0n) is 57.9. The molecule has 0 bridgehead atoms. The van der Waals surface area contributed by atoms with E-state index in [4.69, 9.17) is 18.9 Å². The average Bonchev–Trinajstić information content (AvgIpc) is 1.41. The lowest BCUT2D eigenvalue weighted by Crippen LogP contribution is -2.65. The van der Waals surface area contributed by atoms with Gasteiger partial charge in [-0.25, -0.2) is 0 Å². The summed E-state index contributed by atoms with van der Waals surface area (Å²) in [6.07, 6.45) is 62.1. The monoisotopic (exact) mass is 1280 g/mol. The summed E-state index contributed by atoms with van der Waals surface area (Å²) in [5, 5.41) is 87.6. The summed E-state index contributed by atoms with van der Waals surface area (Å²) in [6.45, 7) is 2.84. The summed E-state index contributed by atoms with van der Waals surface area (Å²) in [5.41, 5.74) is 0. The highest BCUT2D eigenvalue weighted by Gasteiger charge is 2.51. The largest absolute Gasteiger partial charge is 0.394 e. The Kier molecular flexibility index (Phi) is 57.0. The number of rotatable bonds is 64. The molecule has 2 rings (SSSR count). The minimum atomic E-state index is -1.79. The molecule has 2 fully saturated rings. The molecule has 0 aromatic heterocycles. The number of carbonyl (C=O) groups is 1. The molecule has 0 saturated carbocycles. The van der Waals surface area contributed by atoms with Gasteiger partial charge in [-0.05, 0) is 51.4 Å². The van der Waals surface area contributed by atoms with Crippen molar-refractivity contribution in [2.45, 2.75) is 421 Å². The van der Waals surface area contributed by atoms with Gasteiger partial charge in [0, 0.05) is 6.42 Å². The number of hydrogen-bond acceptors (Lipinski definition) is 13. The van der Waals surface area contributed by atoms with Crippen molar-refractivity contribution >= 4 is 5.91 Å². The van der Waals surface area contributed by atoms with Crippen LogP contribution < -0.4 is 5.32 Å². The van der Waals surface area contributed by atoms with Crippen LogP contribution in [-0.2, 0) is 23.7 Å². The lowest BCUT2D eigenvalue weighted by atomic mass is 9.97. The number of aliphatic hydroxyl groups is 8. The summed E-state index contributed by atoms with van der Waals surface area (Å²) < 4.78 is 22.9. The van der Waals surface area contributed by atoms with Gasteiger partial charge in [0.25, 0.3) is 0 Å². The second-order valence-electron chi connectivity index (χ2n) is 27.1. The predicted molar refractivity (Wildman–Crippen MR) is 369 cm³/mol. The first-order valence-electron chi connectivity index (χ1n) is 38.2. The van der Waals surface area contributed by atoms with Crippen LogP contribution in [0, 0.1) is 0 Å². The third kappa shape index (κ3) is 44.0. The van der Waals surface area contributed by atoms with Gasteiger partial charge in [-0.1, -0.05) is 326 Å². The van der Waals surface area contributed by atoms with E-state index in [1.807, 2.05) is 6.08 Å². The number of unbranched alkanes of at least 4 members (excludes halogenated alkanes) is 47. The molecule has 530 valence electrons. The van der Waals surface area contributed by atoms with Gasteiger partial charge in [0.15, 0.2) is 12.6 Å². The summed E-state index contributed by atoms with van der Waals surface area (Å²) in [4.78, 5) is 13.4. The van der Waals surface area contributed by atoms with Crippen LogP contribution in [0.4, 0.5) is 0 Å². The number of amides is 1. The Morgan fingerprint density at radius 3 is 1.11 bits per heavy atom. The Balaban J connectivity index is 1.64. The van der Waals surface area contributed by atoms with E-state index >= 15 is 0 Å². The standard InChI is InChI=1S/C76H143NO13/c1-3-5-7-9-11-13-15-17-19-21-23-25-27-29-30-31-32-33-34-36-37-39-41-43-45-47-49-51-53-55-57-59-65(80)64(63-87-75-73(86)71(84)74(67(62-79)89-75)90-76-72(85)70(83)69(82)66(61-78)88-76)77-68(81)60-58-56-54-52-50-48-46-44-42-40-38-35-28-26-24-22-20-18-16-14-12-10-8-6-4-2/h16,18,22,24,57,59,64-67,69-76,78-80,82-86H,3-15,17,19-21,23,25-56,58,60-63H2,1-2H3,(H,77,81)/b18-16-,24-22-,59-57+.